The van der Waals surface area contributed by atoms with Gasteiger partial charge >= 0.3 is 7.60 Å². The molecule has 1 unspecified atom stereocenters. The van der Waals surface area contributed by atoms with Gasteiger partial charge in [-0.2, -0.15) is 8.42 Å². The molecule has 0 spiro atoms. The van der Waals surface area contributed by atoms with Gasteiger partial charge in [-0.3, -0.25) is 14.1 Å². The molecule has 0 amide bonds. The van der Waals surface area contributed by atoms with E-state index in [9.17, 15) is 17.5 Å². The van der Waals surface area contributed by atoms with E-state index in [4.69, 9.17) is 9.05 Å². The molecule has 1 aromatic rings. The van der Waals surface area contributed by atoms with Crippen LogP contribution in [0.25, 0.3) is 0 Å². The smallest absolute Gasteiger partial charge is 0.308 e. The summed E-state index contributed by atoms with van der Waals surface area (Å²) in [5.41, 5.74) is 0.370. The second-order valence-corrected chi connectivity index (χ2v) is 8.04. The first-order chi connectivity index (χ1) is 9.33. The summed E-state index contributed by atoms with van der Waals surface area (Å²) in [6, 6.07) is 4.90. The van der Waals surface area contributed by atoms with Crippen molar-refractivity contribution in [3.05, 3.63) is 30.1 Å². The predicted octanol–water partition coefficient (Wildman–Crippen LogP) is 2.10. The molecule has 0 fully saturated rings. The Bertz CT molecular complexity index is 552. The minimum Gasteiger partial charge on any atom is -0.308 e. The lowest BCUT2D eigenvalue weighted by Gasteiger charge is -2.23. The minimum atomic E-state index is -4.62. The largest absolute Gasteiger partial charge is 0.351 e. The molecule has 0 bridgehead atoms. The number of hydrogen-bond donors (Lipinski definition) is 1. The summed E-state index contributed by atoms with van der Waals surface area (Å²) in [6.45, 7) is 3.14. The van der Waals surface area contributed by atoms with Crippen molar-refractivity contribution in [2.24, 2.45) is 0 Å². The molecular weight excluding hydrogens is 305 g/mol. The molecule has 1 aromatic heterocycles. The van der Waals surface area contributed by atoms with E-state index in [0.717, 1.165) is 0 Å². The fourth-order valence-corrected chi connectivity index (χ4v) is 5.23. The zero-order chi connectivity index (χ0) is 15.2. The van der Waals surface area contributed by atoms with E-state index in [1.165, 1.54) is 6.20 Å². The van der Waals surface area contributed by atoms with Crippen LogP contribution in [0.1, 0.15) is 19.5 Å². The number of pyridine rings is 1. The maximum atomic E-state index is 12.6. The molecule has 1 atom stereocenters. The standard InChI is InChI=1S/C11H18NO6PS/c1-3-17-19(13,18-4-2)11(20(14,15)16)9-10-7-5-6-8-12-10/h5-8,11H,3-4,9H2,1-2H3,(H,14,15,16). The van der Waals surface area contributed by atoms with Gasteiger partial charge in [-0.15, -0.1) is 0 Å². The molecule has 114 valence electrons. The van der Waals surface area contributed by atoms with Gasteiger partial charge in [0.25, 0.3) is 10.1 Å². The Labute approximate surface area is 118 Å². The molecule has 0 aliphatic heterocycles. The van der Waals surface area contributed by atoms with Crippen molar-refractivity contribution in [3.8, 4) is 0 Å². The first-order valence-corrected chi connectivity index (χ1v) is 9.20. The molecule has 1 heterocycles. The average molecular weight is 323 g/mol. The zero-order valence-electron chi connectivity index (χ0n) is 11.3. The topological polar surface area (TPSA) is 103 Å². The van der Waals surface area contributed by atoms with Crippen molar-refractivity contribution in [1.29, 1.82) is 0 Å². The first kappa shape index (κ1) is 17.3. The average Bonchev–Trinajstić information content (AvgIpc) is 2.36. The van der Waals surface area contributed by atoms with Crippen molar-refractivity contribution < 1.29 is 26.6 Å². The number of hydrogen-bond acceptors (Lipinski definition) is 6. The lowest BCUT2D eigenvalue weighted by molar-refractivity contribution is 0.216. The van der Waals surface area contributed by atoms with E-state index in [1.54, 1.807) is 32.0 Å². The molecule has 7 nitrogen and oxygen atoms in total. The molecule has 20 heavy (non-hydrogen) atoms. The third-order valence-electron chi connectivity index (χ3n) is 2.42. The summed E-state index contributed by atoms with van der Waals surface area (Å²) >= 11 is 0. The zero-order valence-corrected chi connectivity index (χ0v) is 13.0. The maximum Gasteiger partial charge on any atom is 0.351 e. The molecule has 0 radical (unpaired) electrons. The van der Waals surface area contributed by atoms with Crippen molar-refractivity contribution in [2.75, 3.05) is 13.2 Å². The van der Waals surface area contributed by atoms with E-state index < -0.39 is 22.7 Å². The van der Waals surface area contributed by atoms with Gasteiger partial charge in [0, 0.05) is 18.3 Å². The molecule has 0 aromatic carbocycles. The fourth-order valence-electron chi connectivity index (χ4n) is 1.64. The van der Waals surface area contributed by atoms with Crippen molar-refractivity contribution in [2.45, 2.75) is 25.3 Å². The van der Waals surface area contributed by atoms with Crippen LogP contribution < -0.4 is 0 Å². The quantitative estimate of drug-likeness (QED) is 0.577. The van der Waals surface area contributed by atoms with Gasteiger partial charge in [0.05, 0.1) is 13.2 Å². The maximum absolute atomic E-state index is 12.6. The summed E-state index contributed by atoms with van der Waals surface area (Å²) in [6.07, 6.45) is 1.22. The number of aromatic nitrogens is 1. The highest BCUT2D eigenvalue weighted by Gasteiger charge is 2.44. The van der Waals surface area contributed by atoms with Crippen LogP contribution >= 0.6 is 7.60 Å². The van der Waals surface area contributed by atoms with E-state index in [2.05, 4.69) is 4.98 Å². The van der Waals surface area contributed by atoms with Gasteiger partial charge in [0.15, 0.2) is 4.99 Å². The lowest BCUT2D eigenvalue weighted by atomic mass is 10.3. The third-order valence-corrected chi connectivity index (χ3v) is 6.98. The van der Waals surface area contributed by atoms with Gasteiger partial charge in [-0.25, -0.2) is 0 Å². The number of rotatable bonds is 8. The van der Waals surface area contributed by atoms with Crippen LogP contribution in [0.4, 0.5) is 0 Å². The molecule has 1 rings (SSSR count). The van der Waals surface area contributed by atoms with Crippen molar-refractivity contribution in [3.63, 3.8) is 0 Å². The van der Waals surface area contributed by atoms with Gasteiger partial charge in [0.1, 0.15) is 0 Å². The summed E-state index contributed by atoms with van der Waals surface area (Å²) < 4.78 is 54.9. The minimum absolute atomic E-state index is 0.00547. The van der Waals surface area contributed by atoms with Crippen LogP contribution in [0.3, 0.4) is 0 Å². The summed E-state index contributed by atoms with van der Waals surface area (Å²) in [4.78, 5) is 2.27. The van der Waals surface area contributed by atoms with E-state index >= 15 is 0 Å². The van der Waals surface area contributed by atoms with Crippen LogP contribution in [0.5, 0.6) is 0 Å². The van der Waals surface area contributed by atoms with Gasteiger partial charge < -0.3 is 9.05 Å². The molecule has 0 saturated carbocycles. The Hall–Kier alpha value is -0.790. The van der Waals surface area contributed by atoms with Crippen LogP contribution in [-0.2, 0) is 30.2 Å². The van der Waals surface area contributed by atoms with E-state index in [0.29, 0.717) is 5.69 Å². The highest BCUT2D eigenvalue weighted by molar-refractivity contribution is 7.94. The molecule has 9 heteroatoms. The lowest BCUT2D eigenvalue weighted by Crippen LogP contribution is -2.26. The molecule has 1 N–H and O–H groups in total. The van der Waals surface area contributed by atoms with Crippen molar-refractivity contribution in [1.82, 2.24) is 4.98 Å². The third kappa shape index (κ3) is 4.64. The Balaban J connectivity index is 3.15. The van der Waals surface area contributed by atoms with Gasteiger partial charge in [-0.05, 0) is 26.0 Å². The highest BCUT2D eigenvalue weighted by atomic mass is 32.2. The molecule has 0 saturated heterocycles. The molecule has 0 aliphatic carbocycles. The second-order valence-electron chi connectivity index (χ2n) is 3.87. The Kier molecular flexibility index (Phi) is 6.29. The monoisotopic (exact) mass is 323 g/mol. The highest BCUT2D eigenvalue weighted by Crippen LogP contribution is 2.55. The first-order valence-electron chi connectivity index (χ1n) is 6.08. The number of nitrogens with zero attached hydrogens (tertiary/aromatic N) is 1. The van der Waals surface area contributed by atoms with Crippen LogP contribution in [0, 0.1) is 0 Å². The fraction of sp³-hybridized carbons (Fsp3) is 0.545. The second kappa shape index (κ2) is 7.28. The van der Waals surface area contributed by atoms with E-state index in [-0.39, 0.29) is 19.6 Å². The normalized spacial score (nSPS) is 14.2. The summed E-state index contributed by atoms with van der Waals surface area (Å²) in [5.74, 6) is 0. The summed E-state index contributed by atoms with van der Waals surface area (Å²) in [5, 5.41) is 0. The van der Waals surface area contributed by atoms with Gasteiger partial charge in [0.2, 0.25) is 0 Å². The Morgan fingerprint density at radius 3 is 2.30 bits per heavy atom. The SMILES string of the molecule is CCOP(=O)(OCC)C(Cc1ccccn1)S(=O)(=O)O. The molecule has 0 aliphatic rings. The Morgan fingerprint density at radius 1 is 1.30 bits per heavy atom. The van der Waals surface area contributed by atoms with Crippen molar-refractivity contribution >= 4 is 17.7 Å². The summed E-state index contributed by atoms with van der Waals surface area (Å²) in [7, 11) is -8.61. The van der Waals surface area contributed by atoms with Crippen LogP contribution in [0.15, 0.2) is 24.4 Å². The van der Waals surface area contributed by atoms with Crippen LogP contribution in [0.2, 0.25) is 0 Å². The van der Waals surface area contributed by atoms with E-state index in [1.807, 2.05) is 0 Å². The van der Waals surface area contributed by atoms with Gasteiger partial charge in [-0.1, -0.05) is 6.07 Å². The Morgan fingerprint density at radius 2 is 1.90 bits per heavy atom. The van der Waals surface area contributed by atoms with Crippen LogP contribution in [-0.4, -0.2) is 36.2 Å². The predicted molar refractivity (Wildman–Crippen MR) is 74.1 cm³/mol. The molecular formula is C11H18NO6PS.